The van der Waals surface area contributed by atoms with E-state index in [1.165, 1.54) is 13.0 Å². The lowest BCUT2D eigenvalue weighted by Crippen LogP contribution is -2.36. The molecular weight excluding hydrogens is 260 g/mol. The predicted molar refractivity (Wildman–Crippen MR) is 73.4 cm³/mol. The van der Waals surface area contributed by atoms with Gasteiger partial charge in [0.25, 0.3) is 5.91 Å². The van der Waals surface area contributed by atoms with Crippen LogP contribution in [0.3, 0.4) is 0 Å². The van der Waals surface area contributed by atoms with Crippen LogP contribution in [0.15, 0.2) is 24.3 Å². The monoisotopic (exact) mass is 276 g/mol. The van der Waals surface area contributed by atoms with Gasteiger partial charge in [0.15, 0.2) is 0 Å². The zero-order chi connectivity index (χ0) is 15.0. The molecule has 0 bridgehead atoms. The summed E-state index contributed by atoms with van der Waals surface area (Å²) < 4.78 is 0. The third kappa shape index (κ3) is 5.01. The molecule has 1 rings (SSSR count). The lowest BCUT2D eigenvalue weighted by molar-refractivity contribution is -0.114. The van der Waals surface area contributed by atoms with Gasteiger partial charge in [-0.1, -0.05) is 6.07 Å². The molecule has 1 aromatic carbocycles. The Labute approximate surface area is 116 Å². The number of benzene rings is 1. The van der Waals surface area contributed by atoms with Crippen LogP contribution in [0.25, 0.3) is 0 Å². The minimum atomic E-state index is -0.697. The van der Waals surface area contributed by atoms with Crippen molar-refractivity contribution in [1.82, 2.24) is 5.32 Å². The molecule has 1 aromatic rings. The van der Waals surface area contributed by atoms with Crippen molar-refractivity contribution in [1.29, 1.82) is 0 Å². The molecule has 0 unspecified atom stereocenters. The maximum atomic E-state index is 11.9. The number of carbonyl (C=O) groups is 4. The second-order valence-corrected chi connectivity index (χ2v) is 4.22. The summed E-state index contributed by atoms with van der Waals surface area (Å²) in [5.41, 5.74) is 0.829. The number of carbonyl (C=O) groups excluding carboxylic acids is 4. The van der Waals surface area contributed by atoms with Crippen LogP contribution in [0.5, 0.6) is 0 Å². The van der Waals surface area contributed by atoms with Gasteiger partial charge in [-0.25, -0.2) is 0 Å². The molecule has 6 heteroatoms. The second kappa shape index (κ2) is 7.83. The molecule has 0 aliphatic rings. The fourth-order valence-corrected chi connectivity index (χ4v) is 1.62. The lowest BCUT2D eigenvalue weighted by Gasteiger charge is -2.12. The average Bonchev–Trinajstić information content (AvgIpc) is 2.42. The van der Waals surface area contributed by atoms with Gasteiger partial charge in [0, 0.05) is 24.6 Å². The molecule has 0 aromatic heterocycles. The van der Waals surface area contributed by atoms with E-state index in [2.05, 4.69) is 10.6 Å². The van der Waals surface area contributed by atoms with Gasteiger partial charge in [-0.2, -0.15) is 0 Å². The van der Waals surface area contributed by atoms with Crippen LogP contribution in [-0.2, 0) is 14.4 Å². The fourth-order valence-electron chi connectivity index (χ4n) is 1.62. The number of rotatable bonds is 7. The molecule has 20 heavy (non-hydrogen) atoms. The third-order valence-corrected chi connectivity index (χ3v) is 2.52. The van der Waals surface area contributed by atoms with Crippen molar-refractivity contribution in [3.63, 3.8) is 0 Å². The maximum absolute atomic E-state index is 11.9. The van der Waals surface area contributed by atoms with Gasteiger partial charge in [-0.3, -0.25) is 9.59 Å². The maximum Gasteiger partial charge on any atom is 0.251 e. The molecule has 0 fully saturated rings. The Kier molecular flexibility index (Phi) is 6.09. The normalized spacial score (nSPS) is 11.2. The lowest BCUT2D eigenvalue weighted by atomic mass is 10.1. The standard InChI is InChI=1S/C14H16N2O4/c1-10(19)15-12-5-2-4-11(8-12)14(20)16-13(9-18)6-3-7-17/h2,4-5,7-9,13H,3,6H2,1H3,(H,15,19)(H,16,20)/t13-/m0/s1. The van der Waals surface area contributed by atoms with Crippen LogP contribution < -0.4 is 10.6 Å². The van der Waals surface area contributed by atoms with Gasteiger partial charge in [0.05, 0.1) is 6.04 Å². The number of hydrogen-bond acceptors (Lipinski definition) is 4. The molecule has 0 heterocycles. The highest BCUT2D eigenvalue weighted by atomic mass is 16.2. The van der Waals surface area contributed by atoms with Gasteiger partial charge in [0.2, 0.25) is 5.91 Å². The van der Waals surface area contributed by atoms with Crippen molar-refractivity contribution in [3.8, 4) is 0 Å². The Hall–Kier alpha value is -2.50. The summed E-state index contributed by atoms with van der Waals surface area (Å²) in [6, 6.07) is 5.67. The minimum absolute atomic E-state index is 0.204. The van der Waals surface area contributed by atoms with Gasteiger partial charge in [-0.15, -0.1) is 0 Å². The van der Waals surface area contributed by atoms with E-state index in [4.69, 9.17) is 0 Å². The Morgan fingerprint density at radius 2 is 2.05 bits per heavy atom. The number of hydrogen-bond donors (Lipinski definition) is 2. The molecule has 106 valence electrons. The van der Waals surface area contributed by atoms with E-state index in [0.29, 0.717) is 23.8 Å². The van der Waals surface area contributed by atoms with E-state index >= 15 is 0 Å². The predicted octanol–water partition coefficient (Wildman–Crippen LogP) is 0.921. The van der Waals surface area contributed by atoms with Crippen LogP contribution in [0.2, 0.25) is 0 Å². The largest absolute Gasteiger partial charge is 0.343 e. The van der Waals surface area contributed by atoms with E-state index < -0.39 is 11.9 Å². The molecule has 0 aliphatic carbocycles. The molecule has 2 N–H and O–H groups in total. The van der Waals surface area contributed by atoms with E-state index in [9.17, 15) is 19.2 Å². The average molecular weight is 276 g/mol. The third-order valence-electron chi connectivity index (χ3n) is 2.52. The number of aldehydes is 2. The Morgan fingerprint density at radius 1 is 1.30 bits per heavy atom. The summed E-state index contributed by atoms with van der Waals surface area (Å²) in [6.45, 7) is 1.37. The summed E-state index contributed by atoms with van der Waals surface area (Å²) in [5.74, 6) is -0.667. The zero-order valence-corrected chi connectivity index (χ0v) is 11.1. The van der Waals surface area contributed by atoms with E-state index in [-0.39, 0.29) is 18.7 Å². The van der Waals surface area contributed by atoms with Crippen LogP contribution in [0.4, 0.5) is 5.69 Å². The van der Waals surface area contributed by atoms with Crippen molar-refractivity contribution in [3.05, 3.63) is 29.8 Å². The Morgan fingerprint density at radius 3 is 2.65 bits per heavy atom. The first-order valence-electron chi connectivity index (χ1n) is 6.14. The van der Waals surface area contributed by atoms with Crippen molar-refractivity contribution in [2.45, 2.75) is 25.8 Å². The highest BCUT2D eigenvalue weighted by molar-refractivity contribution is 5.97. The quantitative estimate of drug-likeness (QED) is 0.724. The first-order valence-corrected chi connectivity index (χ1v) is 6.14. The van der Waals surface area contributed by atoms with E-state index in [1.54, 1.807) is 18.2 Å². The van der Waals surface area contributed by atoms with Crippen molar-refractivity contribution in [2.24, 2.45) is 0 Å². The minimum Gasteiger partial charge on any atom is -0.343 e. The number of amides is 2. The summed E-state index contributed by atoms with van der Waals surface area (Å²) in [7, 11) is 0. The number of nitrogens with one attached hydrogen (secondary N) is 2. The molecule has 0 saturated heterocycles. The van der Waals surface area contributed by atoms with Crippen molar-refractivity contribution in [2.75, 3.05) is 5.32 Å². The van der Waals surface area contributed by atoms with Crippen LogP contribution >= 0.6 is 0 Å². The zero-order valence-electron chi connectivity index (χ0n) is 11.1. The molecule has 1 atom stereocenters. The van der Waals surface area contributed by atoms with Gasteiger partial charge in [-0.05, 0) is 24.6 Å². The molecule has 2 amide bonds. The first kappa shape index (κ1) is 15.6. The second-order valence-electron chi connectivity index (χ2n) is 4.22. The van der Waals surface area contributed by atoms with Gasteiger partial charge < -0.3 is 20.2 Å². The van der Waals surface area contributed by atoms with E-state index in [1.807, 2.05) is 0 Å². The summed E-state index contributed by atoms with van der Waals surface area (Å²) in [5, 5.41) is 5.09. The Balaban J connectivity index is 2.73. The summed E-state index contributed by atoms with van der Waals surface area (Å²) in [6.07, 6.45) is 1.76. The smallest absolute Gasteiger partial charge is 0.251 e. The van der Waals surface area contributed by atoms with Gasteiger partial charge in [0.1, 0.15) is 12.6 Å². The summed E-state index contributed by atoms with van der Waals surface area (Å²) >= 11 is 0. The van der Waals surface area contributed by atoms with Crippen LogP contribution in [0, 0.1) is 0 Å². The fraction of sp³-hybridized carbons (Fsp3) is 0.286. The highest BCUT2D eigenvalue weighted by Crippen LogP contribution is 2.11. The van der Waals surface area contributed by atoms with Crippen LogP contribution in [-0.4, -0.2) is 30.4 Å². The molecule has 0 spiro atoms. The Bertz CT molecular complexity index is 514. The molecular formula is C14H16N2O4. The highest BCUT2D eigenvalue weighted by Gasteiger charge is 2.13. The molecule has 0 saturated carbocycles. The topological polar surface area (TPSA) is 92.3 Å². The first-order chi connectivity index (χ1) is 9.56. The molecule has 6 nitrogen and oxygen atoms in total. The van der Waals surface area contributed by atoms with E-state index in [0.717, 1.165) is 0 Å². The number of anilines is 1. The van der Waals surface area contributed by atoms with Crippen molar-refractivity contribution >= 4 is 30.1 Å². The summed E-state index contributed by atoms with van der Waals surface area (Å²) in [4.78, 5) is 44.0. The SMILES string of the molecule is CC(=O)Nc1cccc(C(=O)N[C@H](C=O)CCC=O)c1. The van der Waals surface area contributed by atoms with Gasteiger partial charge >= 0.3 is 0 Å². The van der Waals surface area contributed by atoms with Crippen molar-refractivity contribution < 1.29 is 19.2 Å². The van der Waals surface area contributed by atoms with Crippen LogP contribution in [0.1, 0.15) is 30.1 Å². The molecule has 0 aliphatic heterocycles. The molecule has 0 radical (unpaired) electrons.